The number of carbonyl (C=O) groups is 1. The molecule has 6 nitrogen and oxygen atoms in total. The number of benzene rings is 1. The molecule has 4 rings (SSSR count). The molecule has 0 atom stereocenters. The van der Waals surface area contributed by atoms with E-state index in [1.165, 1.54) is 18.1 Å². The molecule has 140 valence electrons. The zero-order chi connectivity index (χ0) is 19.7. The van der Waals surface area contributed by atoms with Crippen molar-refractivity contribution < 1.29 is 4.79 Å². The molecule has 0 fully saturated rings. The maximum absolute atomic E-state index is 11.4. The van der Waals surface area contributed by atoms with Crippen molar-refractivity contribution in [3.05, 3.63) is 60.0 Å². The molecule has 0 radical (unpaired) electrons. The van der Waals surface area contributed by atoms with Crippen LogP contribution in [0, 0.1) is 13.8 Å². The predicted octanol–water partition coefficient (Wildman–Crippen LogP) is 4.84. The summed E-state index contributed by atoms with van der Waals surface area (Å²) in [6, 6.07) is 9.96. The lowest BCUT2D eigenvalue weighted by Gasteiger charge is -2.08. The fourth-order valence-corrected chi connectivity index (χ4v) is 4.19. The molecular weight excluding hydrogens is 370 g/mol. The number of aryl methyl sites for hydroxylation is 2. The summed E-state index contributed by atoms with van der Waals surface area (Å²) in [6.45, 7) is 5.65. The molecule has 3 aromatic heterocycles. The predicted molar refractivity (Wildman–Crippen MR) is 112 cm³/mol. The van der Waals surface area contributed by atoms with Crippen LogP contribution in [0.4, 0.5) is 5.82 Å². The van der Waals surface area contributed by atoms with E-state index in [0.29, 0.717) is 5.82 Å². The third kappa shape index (κ3) is 3.44. The number of imidazole rings is 1. The first kappa shape index (κ1) is 18.1. The highest BCUT2D eigenvalue weighted by Crippen LogP contribution is 2.41. The highest BCUT2D eigenvalue weighted by Gasteiger charge is 2.20. The third-order valence-corrected chi connectivity index (χ3v) is 5.48. The van der Waals surface area contributed by atoms with Crippen molar-refractivity contribution in [3.63, 3.8) is 0 Å². The van der Waals surface area contributed by atoms with Gasteiger partial charge in [0, 0.05) is 36.6 Å². The molecule has 0 aliphatic heterocycles. The van der Waals surface area contributed by atoms with E-state index in [4.69, 9.17) is 4.98 Å². The highest BCUT2D eigenvalue weighted by molar-refractivity contribution is 7.18. The number of rotatable bonds is 4. The number of thiazole rings is 1. The van der Waals surface area contributed by atoms with E-state index in [-0.39, 0.29) is 5.91 Å². The van der Waals surface area contributed by atoms with Gasteiger partial charge in [-0.2, -0.15) is 0 Å². The lowest BCUT2D eigenvalue weighted by molar-refractivity contribution is -0.114. The Hall–Kier alpha value is -3.32. The molecule has 0 unspecified atom stereocenters. The van der Waals surface area contributed by atoms with Gasteiger partial charge in [-0.05, 0) is 37.1 Å². The van der Waals surface area contributed by atoms with Crippen LogP contribution in [0.1, 0.15) is 18.1 Å². The first-order valence-corrected chi connectivity index (χ1v) is 9.66. The molecule has 0 aliphatic carbocycles. The fraction of sp³-hybridized carbons (Fsp3) is 0.143. The second-order valence-corrected chi connectivity index (χ2v) is 7.51. The second kappa shape index (κ2) is 7.36. The molecule has 0 aliphatic rings. The molecule has 28 heavy (non-hydrogen) atoms. The Labute approximate surface area is 166 Å². The van der Waals surface area contributed by atoms with Gasteiger partial charge in [-0.15, -0.1) is 11.3 Å². The first-order chi connectivity index (χ1) is 13.5. The largest absolute Gasteiger partial charge is 0.344 e. The van der Waals surface area contributed by atoms with Gasteiger partial charge in [0.15, 0.2) is 0 Å². The van der Waals surface area contributed by atoms with Crippen LogP contribution in [-0.4, -0.2) is 25.8 Å². The Morgan fingerprint density at radius 2 is 1.89 bits per heavy atom. The number of nitrogens with one attached hydrogen (secondary N) is 2. The summed E-state index contributed by atoms with van der Waals surface area (Å²) in [5, 5.41) is 3.57. The summed E-state index contributed by atoms with van der Waals surface area (Å²) in [5.41, 5.74) is 5.25. The average molecular weight is 389 g/mol. The number of pyridine rings is 1. The fourth-order valence-electron chi connectivity index (χ4n) is 3.16. The molecule has 0 spiro atoms. The number of carbonyl (C=O) groups excluding carboxylic acids is 1. The van der Waals surface area contributed by atoms with Gasteiger partial charge in [0.1, 0.15) is 16.6 Å². The van der Waals surface area contributed by atoms with Gasteiger partial charge in [-0.1, -0.05) is 18.2 Å². The van der Waals surface area contributed by atoms with E-state index in [2.05, 4.69) is 52.3 Å². The van der Waals surface area contributed by atoms with E-state index < -0.39 is 0 Å². The Balaban J connectivity index is 1.89. The highest BCUT2D eigenvalue weighted by atomic mass is 32.1. The summed E-state index contributed by atoms with van der Waals surface area (Å²) in [5.74, 6) is 1.14. The molecule has 0 bridgehead atoms. The SMILES string of the molecule is CC(=O)Nc1cc(-c2nc(-c3c(C)cccc3C)c(-c3ncc[nH]3)s2)ccn1. The summed E-state index contributed by atoms with van der Waals surface area (Å²) < 4.78 is 0. The number of hydrogen-bond donors (Lipinski definition) is 2. The van der Waals surface area contributed by atoms with Gasteiger partial charge in [0.05, 0.1) is 10.6 Å². The molecule has 1 amide bonds. The first-order valence-electron chi connectivity index (χ1n) is 8.84. The van der Waals surface area contributed by atoms with Crippen LogP contribution in [0.3, 0.4) is 0 Å². The average Bonchev–Trinajstić information content (AvgIpc) is 3.31. The molecule has 7 heteroatoms. The van der Waals surface area contributed by atoms with Gasteiger partial charge in [-0.3, -0.25) is 4.79 Å². The zero-order valence-electron chi connectivity index (χ0n) is 15.8. The Kier molecular flexibility index (Phi) is 4.75. The molecular formula is C21H19N5OS. The Bertz CT molecular complexity index is 1130. The molecule has 1 aromatic carbocycles. The van der Waals surface area contributed by atoms with Crippen molar-refractivity contribution in [1.29, 1.82) is 0 Å². The number of H-pyrrole nitrogens is 1. The summed E-state index contributed by atoms with van der Waals surface area (Å²) in [7, 11) is 0. The van der Waals surface area contributed by atoms with E-state index >= 15 is 0 Å². The van der Waals surface area contributed by atoms with Crippen LogP contribution in [-0.2, 0) is 4.79 Å². The third-order valence-electron chi connectivity index (χ3n) is 4.37. The Morgan fingerprint density at radius 3 is 2.57 bits per heavy atom. The van der Waals surface area contributed by atoms with Gasteiger partial charge in [0.25, 0.3) is 0 Å². The van der Waals surface area contributed by atoms with Crippen LogP contribution < -0.4 is 5.32 Å². The second-order valence-electron chi connectivity index (χ2n) is 6.51. The van der Waals surface area contributed by atoms with E-state index in [9.17, 15) is 4.79 Å². The monoisotopic (exact) mass is 389 g/mol. The van der Waals surface area contributed by atoms with Crippen LogP contribution in [0.25, 0.3) is 32.5 Å². The Morgan fingerprint density at radius 1 is 1.11 bits per heavy atom. The van der Waals surface area contributed by atoms with Crippen LogP contribution in [0.2, 0.25) is 0 Å². The number of hydrogen-bond acceptors (Lipinski definition) is 5. The molecule has 0 saturated heterocycles. The topological polar surface area (TPSA) is 83.6 Å². The minimum Gasteiger partial charge on any atom is -0.344 e. The number of amides is 1. The van der Waals surface area contributed by atoms with E-state index in [1.54, 1.807) is 23.7 Å². The molecule has 2 N–H and O–H groups in total. The maximum atomic E-state index is 11.4. The minimum absolute atomic E-state index is 0.156. The van der Waals surface area contributed by atoms with Gasteiger partial charge >= 0.3 is 0 Å². The summed E-state index contributed by atoms with van der Waals surface area (Å²) in [4.78, 5) is 29.1. The minimum atomic E-state index is -0.156. The van der Waals surface area contributed by atoms with Crippen molar-refractivity contribution in [2.24, 2.45) is 0 Å². The van der Waals surface area contributed by atoms with Crippen molar-refractivity contribution in [1.82, 2.24) is 19.9 Å². The molecule has 4 aromatic rings. The number of nitrogens with zero attached hydrogens (tertiary/aromatic N) is 3. The normalized spacial score (nSPS) is 10.8. The zero-order valence-corrected chi connectivity index (χ0v) is 16.6. The smallest absolute Gasteiger partial charge is 0.222 e. The lowest BCUT2D eigenvalue weighted by atomic mass is 9.99. The summed E-state index contributed by atoms with van der Waals surface area (Å²) in [6.07, 6.45) is 5.22. The number of aromatic amines is 1. The lowest BCUT2D eigenvalue weighted by Crippen LogP contribution is -2.07. The molecule has 3 heterocycles. The van der Waals surface area contributed by atoms with Gasteiger partial charge in [0.2, 0.25) is 5.91 Å². The van der Waals surface area contributed by atoms with Gasteiger partial charge in [-0.25, -0.2) is 15.0 Å². The molecule has 0 saturated carbocycles. The van der Waals surface area contributed by atoms with Crippen molar-refractivity contribution in [3.8, 4) is 32.5 Å². The van der Waals surface area contributed by atoms with E-state index in [1.807, 2.05) is 18.3 Å². The number of anilines is 1. The summed E-state index contributed by atoms with van der Waals surface area (Å²) >= 11 is 1.56. The van der Waals surface area contributed by atoms with Crippen LogP contribution in [0.5, 0.6) is 0 Å². The van der Waals surface area contributed by atoms with Crippen LogP contribution >= 0.6 is 11.3 Å². The maximum Gasteiger partial charge on any atom is 0.222 e. The number of aromatic nitrogens is 4. The standard InChI is InChI=1S/C21H19N5OS/c1-12-5-4-6-13(2)17(12)18-19(20-23-9-10-24-20)28-21(26-18)15-7-8-22-16(11-15)25-14(3)27/h4-11H,1-3H3,(H,23,24)(H,22,25,27). The van der Waals surface area contributed by atoms with Crippen LogP contribution in [0.15, 0.2) is 48.9 Å². The quantitative estimate of drug-likeness (QED) is 0.523. The van der Waals surface area contributed by atoms with E-state index in [0.717, 1.165) is 32.5 Å². The van der Waals surface area contributed by atoms with Crippen molar-refractivity contribution in [2.45, 2.75) is 20.8 Å². The van der Waals surface area contributed by atoms with Crippen molar-refractivity contribution >= 4 is 23.1 Å². The van der Waals surface area contributed by atoms with Crippen molar-refractivity contribution in [2.75, 3.05) is 5.32 Å². The van der Waals surface area contributed by atoms with Gasteiger partial charge < -0.3 is 10.3 Å².